The number of hydrogen-bond acceptors (Lipinski definition) is 6. The van der Waals surface area contributed by atoms with E-state index in [0.717, 1.165) is 11.8 Å². The Hall–Kier alpha value is -3.17. The molecule has 0 radical (unpaired) electrons. The van der Waals surface area contributed by atoms with Gasteiger partial charge < -0.3 is 5.11 Å². The summed E-state index contributed by atoms with van der Waals surface area (Å²) >= 11 is 1.09. The first-order chi connectivity index (χ1) is 14.1. The third-order valence-corrected chi connectivity index (χ3v) is 5.03. The second kappa shape index (κ2) is 9.85. The van der Waals surface area contributed by atoms with Gasteiger partial charge >= 0.3 is 0 Å². The first-order valence-corrected chi connectivity index (χ1v) is 9.96. The van der Waals surface area contributed by atoms with E-state index in [1.165, 1.54) is 4.57 Å². The smallest absolute Gasteiger partial charge is 0.269 e. The molecule has 0 aliphatic rings. The van der Waals surface area contributed by atoms with Crippen LogP contribution in [0.5, 0.6) is 0 Å². The summed E-state index contributed by atoms with van der Waals surface area (Å²) in [4.78, 5) is 41.3. The number of aromatic nitrogens is 2. The number of aliphatic hydroxyl groups excluding tert-OH is 1. The number of fused-ring (bicyclic) bond motifs is 1. The Kier molecular flexibility index (Phi) is 6.99. The Bertz CT molecular complexity index is 1070. The maximum absolute atomic E-state index is 12.7. The Morgan fingerprint density at radius 3 is 2.52 bits per heavy atom. The Morgan fingerprint density at radius 1 is 1.03 bits per heavy atom. The third-order valence-electron chi connectivity index (χ3n) is 4.05. The maximum atomic E-state index is 12.7. The minimum absolute atomic E-state index is 0.0427. The van der Waals surface area contributed by atoms with Gasteiger partial charge in [-0.1, -0.05) is 42.1 Å². The van der Waals surface area contributed by atoms with Gasteiger partial charge in [-0.25, -0.2) is 4.98 Å². The normalized spacial score (nSPS) is 10.7. The lowest BCUT2D eigenvalue weighted by molar-refractivity contribution is -0.119. The Labute approximate surface area is 170 Å². The van der Waals surface area contributed by atoms with Crippen molar-refractivity contribution in [1.82, 2.24) is 20.4 Å². The molecule has 29 heavy (non-hydrogen) atoms. The summed E-state index contributed by atoms with van der Waals surface area (Å²) in [5.74, 6) is -0.901. The van der Waals surface area contributed by atoms with E-state index in [1.54, 1.807) is 54.6 Å². The van der Waals surface area contributed by atoms with E-state index in [1.807, 2.05) is 0 Å². The predicted molar refractivity (Wildman–Crippen MR) is 110 cm³/mol. The molecule has 0 fully saturated rings. The number of amides is 2. The van der Waals surface area contributed by atoms with Crippen LogP contribution in [0.1, 0.15) is 16.8 Å². The average molecular weight is 412 g/mol. The van der Waals surface area contributed by atoms with Crippen LogP contribution < -0.4 is 16.4 Å². The van der Waals surface area contributed by atoms with Gasteiger partial charge in [0.15, 0.2) is 5.16 Å². The molecule has 3 aromatic rings. The summed E-state index contributed by atoms with van der Waals surface area (Å²) in [6.07, 6.45) is 0.396. The van der Waals surface area contributed by atoms with Crippen molar-refractivity contribution < 1.29 is 14.7 Å². The highest BCUT2D eigenvalue weighted by Gasteiger charge is 2.13. The van der Waals surface area contributed by atoms with E-state index in [9.17, 15) is 14.4 Å². The number of rotatable bonds is 7. The molecule has 2 amide bonds. The molecule has 150 valence electrons. The molecule has 0 saturated heterocycles. The second-order valence-electron chi connectivity index (χ2n) is 6.10. The summed E-state index contributed by atoms with van der Waals surface area (Å²) < 4.78 is 1.46. The van der Waals surface area contributed by atoms with Crippen LogP contribution >= 0.6 is 11.8 Å². The van der Waals surface area contributed by atoms with Gasteiger partial charge in [0.05, 0.1) is 16.7 Å². The van der Waals surface area contributed by atoms with Crippen LogP contribution in [0.4, 0.5) is 0 Å². The number of hydrazine groups is 1. The molecule has 2 aromatic carbocycles. The van der Waals surface area contributed by atoms with Crippen molar-refractivity contribution in [3.05, 3.63) is 70.5 Å². The van der Waals surface area contributed by atoms with Crippen molar-refractivity contribution in [2.24, 2.45) is 0 Å². The van der Waals surface area contributed by atoms with Gasteiger partial charge in [0.25, 0.3) is 11.5 Å². The van der Waals surface area contributed by atoms with Crippen molar-refractivity contribution in [3.8, 4) is 0 Å². The minimum Gasteiger partial charge on any atom is -0.396 e. The topological polar surface area (TPSA) is 113 Å². The fourth-order valence-electron chi connectivity index (χ4n) is 2.64. The fourth-order valence-corrected chi connectivity index (χ4v) is 3.46. The maximum Gasteiger partial charge on any atom is 0.269 e. The van der Waals surface area contributed by atoms with E-state index in [2.05, 4.69) is 15.8 Å². The Morgan fingerprint density at radius 2 is 1.76 bits per heavy atom. The van der Waals surface area contributed by atoms with Crippen molar-refractivity contribution >= 4 is 34.5 Å². The lowest BCUT2D eigenvalue weighted by Crippen LogP contribution is -2.42. The summed E-state index contributed by atoms with van der Waals surface area (Å²) in [5.41, 5.74) is 5.45. The average Bonchev–Trinajstić information content (AvgIpc) is 2.76. The Balaban J connectivity index is 1.68. The van der Waals surface area contributed by atoms with Gasteiger partial charge in [0, 0.05) is 18.7 Å². The molecule has 0 aliphatic heterocycles. The third kappa shape index (κ3) is 5.21. The van der Waals surface area contributed by atoms with Crippen LogP contribution in [0.2, 0.25) is 0 Å². The lowest BCUT2D eigenvalue weighted by atomic mass is 10.2. The molecule has 1 heterocycles. The number of thioether (sulfide) groups is 1. The van der Waals surface area contributed by atoms with Crippen LogP contribution in [-0.2, 0) is 11.3 Å². The summed E-state index contributed by atoms with van der Waals surface area (Å²) in [6, 6.07) is 15.5. The summed E-state index contributed by atoms with van der Waals surface area (Å²) in [6.45, 7) is 0.233. The van der Waals surface area contributed by atoms with Gasteiger partial charge in [-0.2, -0.15) is 0 Å². The van der Waals surface area contributed by atoms with Gasteiger partial charge in [-0.05, 0) is 30.7 Å². The number of nitrogens with zero attached hydrogens (tertiary/aromatic N) is 2. The highest BCUT2D eigenvalue weighted by atomic mass is 32.2. The van der Waals surface area contributed by atoms with Gasteiger partial charge in [0.1, 0.15) is 0 Å². The number of hydrogen-bond donors (Lipinski definition) is 3. The number of benzene rings is 2. The molecule has 0 aliphatic carbocycles. The molecule has 8 nitrogen and oxygen atoms in total. The number of carbonyl (C=O) groups excluding carboxylic acids is 2. The van der Waals surface area contributed by atoms with Crippen LogP contribution in [0.25, 0.3) is 10.9 Å². The number of aliphatic hydroxyl groups is 1. The fraction of sp³-hybridized carbons (Fsp3) is 0.200. The van der Waals surface area contributed by atoms with Gasteiger partial charge in [0.2, 0.25) is 5.91 Å². The quantitative estimate of drug-likeness (QED) is 0.307. The van der Waals surface area contributed by atoms with E-state index in [-0.39, 0.29) is 17.9 Å². The minimum atomic E-state index is -0.435. The largest absolute Gasteiger partial charge is 0.396 e. The standard InChI is InChI=1S/C20H20N4O4S/c25-12-6-11-24-19(28)15-9-4-5-10-16(15)21-20(24)29-13-17(26)22-23-18(27)14-7-2-1-3-8-14/h1-5,7-10,25H,6,11-13H2,(H,22,26)(H,23,27). The molecule has 9 heteroatoms. The first-order valence-electron chi connectivity index (χ1n) is 8.97. The van der Waals surface area contributed by atoms with Crippen LogP contribution in [0, 0.1) is 0 Å². The van der Waals surface area contributed by atoms with Crippen molar-refractivity contribution in [2.45, 2.75) is 18.1 Å². The molecule has 0 spiro atoms. The highest BCUT2D eigenvalue weighted by molar-refractivity contribution is 7.99. The second-order valence-corrected chi connectivity index (χ2v) is 7.04. The van der Waals surface area contributed by atoms with Crippen molar-refractivity contribution in [2.75, 3.05) is 12.4 Å². The SMILES string of the molecule is O=C(CSc1nc2ccccc2c(=O)n1CCCO)NNC(=O)c1ccccc1. The number of carbonyl (C=O) groups is 2. The van der Waals surface area contributed by atoms with E-state index >= 15 is 0 Å². The van der Waals surface area contributed by atoms with Crippen LogP contribution in [0.15, 0.2) is 64.5 Å². The molecule has 0 bridgehead atoms. The van der Waals surface area contributed by atoms with Gasteiger partial charge in [-0.15, -0.1) is 0 Å². The lowest BCUT2D eigenvalue weighted by Gasteiger charge is -2.13. The monoisotopic (exact) mass is 412 g/mol. The molecule has 0 saturated carbocycles. The van der Waals surface area contributed by atoms with Crippen LogP contribution in [0.3, 0.4) is 0 Å². The van der Waals surface area contributed by atoms with Crippen molar-refractivity contribution in [1.29, 1.82) is 0 Å². The van der Waals surface area contributed by atoms with E-state index in [0.29, 0.717) is 34.6 Å². The molecule has 0 unspecified atom stereocenters. The first kappa shape index (κ1) is 20.6. The number of para-hydroxylation sites is 1. The van der Waals surface area contributed by atoms with Crippen molar-refractivity contribution in [3.63, 3.8) is 0 Å². The molecule has 3 N–H and O–H groups in total. The highest BCUT2D eigenvalue weighted by Crippen LogP contribution is 2.17. The molecule has 0 atom stereocenters. The predicted octanol–water partition coefficient (Wildman–Crippen LogP) is 1.33. The molecular weight excluding hydrogens is 392 g/mol. The van der Waals surface area contributed by atoms with E-state index < -0.39 is 11.8 Å². The number of nitrogens with one attached hydrogen (secondary N) is 2. The summed E-state index contributed by atoms with van der Waals surface area (Å²) in [7, 11) is 0. The van der Waals surface area contributed by atoms with E-state index in [4.69, 9.17) is 5.11 Å². The van der Waals surface area contributed by atoms with Gasteiger partial charge in [-0.3, -0.25) is 29.8 Å². The van der Waals surface area contributed by atoms with Crippen LogP contribution in [-0.4, -0.2) is 38.8 Å². The molecular formula is C20H20N4O4S. The zero-order chi connectivity index (χ0) is 20.6. The molecule has 1 aromatic heterocycles. The zero-order valence-corrected chi connectivity index (χ0v) is 16.3. The zero-order valence-electron chi connectivity index (χ0n) is 15.5. The molecule has 3 rings (SSSR count). The summed E-state index contributed by atoms with van der Waals surface area (Å²) in [5, 5.41) is 9.97.